The third kappa shape index (κ3) is 4.53. The number of halogens is 4. The molecule has 0 fully saturated rings. The SMILES string of the molecule is CC(=O)O.Cc1nc2n(c1C)-c1ccc(C(F)(F)F)cc1C(c1ccccc1Cl)=NC2O. The van der Waals surface area contributed by atoms with Crippen LogP contribution in [-0.2, 0) is 11.0 Å². The Balaban J connectivity index is 0.000000668. The van der Waals surface area contributed by atoms with E-state index in [0.29, 0.717) is 27.7 Å². The van der Waals surface area contributed by atoms with Gasteiger partial charge in [0.1, 0.15) is 0 Å². The Kier molecular flexibility index (Phi) is 6.43. The smallest absolute Gasteiger partial charge is 0.416 e. The number of hydrogen-bond acceptors (Lipinski definition) is 4. The van der Waals surface area contributed by atoms with Crippen LogP contribution in [0.2, 0.25) is 5.02 Å². The van der Waals surface area contributed by atoms with Gasteiger partial charge in [-0.1, -0.05) is 29.8 Å². The first kappa shape index (κ1) is 23.5. The van der Waals surface area contributed by atoms with Crippen molar-refractivity contribution in [3.8, 4) is 5.69 Å². The zero-order valence-corrected chi connectivity index (χ0v) is 18.0. The summed E-state index contributed by atoms with van der Waals surface area (Å²) in [5.74, 6) is -0.585. The second-order valence-electron chi connectivity index (χ2n) is 7.06. The highest BCUT2D eigenvalue weighted by Gasteiger charge is 2.34. The third-order valence-electron chi connectivity index (χ3n) is 4.80. The van der Waals surface area contributed by atoms with Crippen molar-refractivity contribution < 1.29 is 28.2 Å². The molecule has 6 nitrogen and oxygen atoms in total. The molecule has 1 aliphatic heterocycles. The first-order chi connectivity index (χ1) is 14.9. The Labute approximate surface area is 186 Å². The van der Waals surface area contributed by atoms with Crippen LogP contribution in [0.5, 0.6) is 0 Å². The van der Waals surface area contributed by atoms with Crippen molar-refractivity contribution in [3.05, 3.63) is 81.4 Å². The highest BCUT2D eigenvalue weighted by Crippen LogP contribution is 2.37. The van der Waals surface area contributed by atoms with E-state index in [1.807, 2.05) is 0 Å². The number of fused-ring (bicyclic) bond motifs is 3. The summed E-state index contributed by atoms with van der Waals surface area (Å²) >= 11 is 6.29. The van der Waals surface area contributed by atoms with Gasteiger partial charge in [0.15, 0.2) is 5.82 Å². The summed E-state index contributed by atoms with van der Waals surface area (Å²) in [7, 11) is 0. The maximum Gasteiger partial charge on any atom is 0.416 e. The molecule has 168 valence electrons. The van der Waals surface area contributed by atoms with E-state index in [1.165, 1.54) is 6.07 Å². The molecule has 1 atom stereocenters. The van der Waals surface area contributed by atoms with E-state index in [-0.39, 0.29) is 17.1 Å². The molecule has 0 aliphatic carbocycles. The van der Waals surface area contributed by atoms with Crippen LogP contribution in [0.15, 0.2) is 47.5 Å². The highest BCUT2D eigenvalue weighted by atomic mass is 35.5. The topological polar surface area (TPSA) is 87.7 Å². The lowest BCUT2D eigenvalue weighted by molar-refractivity contribution is -0.137. The second kappa shape index (κ2) is 8.76. The van der Waals surface area contributed by atoms with Gasteiger partial charge >= 0.3 is 6.18 Å². The standard InChI is InChI=1S/C20H15ClF3N3O.C2H4O2/c1-10-11(2)27-16-8-7-12(20(22,23)24)9-14(16)17(26-19(28)18(27)25-10)13-5-3-4-6-15(13)21;1-2(3)4/h3-9,19,28H,1-2H3;1H3,(H,3,4). The maximum absolute atomic E-state index is 13.4. The second-order valence-corrected chi connectivity index (χ2v) is 7.46. The molecule has 32 heavy (non-hydrogen) atoms. The van der Waals surface area contributed by atoms with E-state index < -0.39 is 23.9 Å². The number of hydrogen-bond donors (Lipinski definition) is 2. The molecule has 3 aromatic rings. The molecule has 2 N–H and O–H groups in total. The number of carbonyl (C=O) groups is 1. The lowest BCUT2D eigenvalue weighted by atomic mass is 9.98. The summed E-state index contributed by atoms with van der Waals surface area (Å²) in [6.07, 6.45) is -5.87. The van der Waals surface area contributed by atoms with Gasteiger partial charge in [0.2, 0.25) is 6.23 Å². The quantitative estimate of drug-likeness (QED) is 0.523. The van der Waals surface area contributed by atoms with Crippen molar-refractivity contribution in [2.45, 2.75) is 33.2 Å². The fraction of sp³-hybridized carbons (Fsp3) is 0.227. The lowest BCUT2D eigenvalue weighted by Crippen LogP contribution is -2.12. The summed E-state index contributed by atoms with van der Waals surface area (Å²) in [5.41, 5.74) is 1.86. The van der Waals surface area contributed by atoms with Crippen molar-refractivity contribution >= 4 is 23.3 Å². The molecule has 1 aromatic heterocycles. The van der Waals surface area contributed by atoms with E-state index in [9.17, 15) is 18.3 Å². The lowest BCUT2D eigenvalue weighted by Gasteiger charge is -2.16. The number of aryl methyl sites for hydroxylation is 1. The van der Waals surface area contributed by atoms with Gasteiger partial charge < -0.3 is 10.2 Å². The molecule has 2 heterocycles. The zero-order chi connectivity index (χ0) is 23.8. The number of aliphatic carboxylic acids is 1. The number of benzene rings is 2. The Morgan fingerprint density at radius 1 is 1.12 bits per heavy atom. The average molecular weight is 466 g/mol. The van der Waals surface area contributed by atoms with Crippen LogP contribution in [0, 0.1) is 13.8 Å². The molecule has 0 saturated heterocycles. The molecule has 0 amide bonds. The number of carboxylic acids is 1. The Morgan fingerprint density at radius 2 is 1.75 bits per heavy atom. The molecular formula is C22H19ClF3N3O3. The van der Waals surface area contributed by atoms with Gasteiger partial charge in [-0.2, -0.15) is 13.2 Å². The maximum atomic E-state index is 13.4. The van der Waals surface area contributed by atoms with Crippen LogP contribution >= 0.6 is 11.6 Å². The van der Waals surface area contributed by atoms with Crippen molar-refractivity contribution in [1.29, 1.82) is 0 Å². The molecule has 0 spiro atoms. The van der Waals surface area contributed by atoms with Gasteiger partial charge in [0.05, 0.1) is 22.7 Å². The number of aliphatic hydroxyl groups is 1. The van der Waals surface area contributed by atoms with Crippen molar-refractivity contribution in [2.75, 3.05) is 0 Å². The highest BCUT2D eigenvalue weighted by molar-refractivity contribution is 6.35. The molecule has 10 heteroatoms. The van der Waals surface area contributed by atoms with Crippen LogP contribution in [0.4, 0.5) is 13.2 Å². The first-order valence-corrected chi connectivity index (χ1v) is 9.77. The van der Waals surface area contributed by atoms with Gasteiger partial charge in [-0.15, -0.1) is 0 Å². The van der Waals surface area contributed by atoms with E-state index in [2.05, 4.69) is 9.98 Å². The predicted octanol–water partition coefficient (Wildman–Crippen LogP) is 5.09. The largest absolute Gasteiger partial charge is 0.481 e. The van der Waals surface area contributed by atoms with Gasteiger partial charge in [-0.05, 0) is 38.1 Å². The number of alkyl halides is 3. The molecule has 1 unspecified atom stereocenters. The first-order valence-electron chi connectivity index (χ1n) is 9.40. The summed E-state index contributed by atoms with van der Waals surface area (Å²) in [6.45, 7) is 4.65. The normalized spacial score (nSPS) is 15.0. The zero-order valence-electron chi connectivity index (χ0n) is 17.3. The van der Waals surface area contributed by atoms with Crippen molar-refractivity contribution in [3.63, 3.8) is 0 Å². The summed E-state index contributed by atoms with van der Waals surface area (Å²) in [5, 5.41) is 18.4. The summed E-state index contributed by atoms with van der Waals surface area (Å²) in [6, 6.07) is 10.1. The monoisotopic (exact) mass is 465 g/mol. The average Bonchev–Trinajstić information content (AvgIpc) is 2.93. The Morgan fingerprint density at radius 3 is 2.34 bits per heavy atom. The van der Waals surface area contributed by atoms with E-state index >= 15 is 0 Å². The van der Waals surface area contributed by atoms with Gasteiger partial charge in [-0.3, -0.25) is 9.36 Å². The fourth-order valence-electron chi connectivity index (χ4n) is 3.33. The molecule has 0 bridgehead atoms. The molecule has 2 aromatic carbocycles. The van der Waals surface area contributed by atoms with E-state index in [0.717, 1.165) is 19.1 Å². The Hall–Kier alpha value is -3.17. The molecule has 0 radical (unpaired) electrons. The minimum Gasteiger partial charge on any atom is -0.481 e. The Bertz CT molecular complexity index is 1210. The molecular weight excluding hydrogens is 447 g/mol. The summed E-state index contributed by atoms with van der Waals surface area (Å²) in [4.78, 5) is 17.7. The van der Waals surface area contributed by atoms with E-state index in [1.54, 1.807) is 42.7 Å². The van der Waals surface area contributed by atoms with Crippen molar-refractivity contribution in [1.82, 2.24) is 9.55 Å². The predicted molar refractivity (Wildman–Crippen MR) is 113 cm³/mol. The van der Waals surface area contributed by atoms with Gasteiger partial charge in [-0.25, -0.2) is 9.98 Å². The van der Waals surface area contributed by atoms with Gasteiger partial charge in [0.25, 0.3) is 5.97 Å². The van der Waals surface area contributed by atoms with Crippen LogP contribution in [-0.4, -0.2) is 31.4 Å². The number of nitrogens with zero attached hydrogens (tertiary/aromatic N) is 3. The number of imidazole rings is 1. The van der Waals surface area contributed by atoms with Crippen LogP contribution in [0.3, 0.4) is 0 Å². The number of rotatable bonds is 1. The van der Waals surface area contributed by atoms with Crippen LogP contribution < -0.4 is 0 Å². The molecule has 4 rings (SSSR count). The number of carboxylic acid groups (broad SMARTS) is 1. The van der Waals surface area contributed by atoms with Crippen LogP contribution in [0.1, 0.15) is 47.1 Å². The number of aliphatic hydroxyl groups excluding tert-OH is 1. The minimum atomic E-state index is -4.52. The molecule has 0 saturated carbocycles. The third-order valence-corrected chi connectivity index (χ3v) is 5.13. The molecule has 1 aliphatic rings. The van der Waals surface area contributed by atoms with Crippen molar-refractivity contribution in [2.24, 2.45) is 4.99 Å². The number of aliphatic imine (C=N–C) groups is 1. The van der Waals surface area contributed by atoms with Gasteiger partial charge in [0, 0.05) is 28.8 Å². The minimum absolute atomic E-state index is 0.182. The van der Waals surface area contributed by atoms with E-state index in [4.69, 9.17) is 21.5 Å². The summed E-state index contributed by atoms with van der Waals surface area (Å²) < 4.78 is 41.8. The number of aromatic nitrogens is 2. The fourth-order valence-corrected chi connectivity index (χ4v) is 3.55. The van der Waals surface area contributed by atoms with Crippen LogP contribution in [0.25, 0.3) is 5.69 Å².